The first kappa shape index (κ1) is 21.3. The van der Waals surface area contributed by atoms with Crippen molar-refractivity contribution in [3.8, 4) is 5.75 Å². The summed E-state index contributed by atoms with van der Waals surface area (Å²) in [5.74, 6) is 0.271. The molecule has 1 heterocycles. The van der Waals surface area contributed by atoms with Crippen LogP contribution in [0.3, 0.4) is 0 Å². The van der Waals surface area contributed by atoms with Gasteiger partial charge in [0.15, 0.2) is 0 Å². The fraction of sp³-hybridized carbons (Fsp3) is 0.167. The molecule has 0 spiro atoms. The van der Waals surface area contributed by atoms with E-state index in [0.717, 1.165) is 21.9 Å². The van der Waals surface area contributed by atoms with Crippen molar-refractivity contribution in [2.75, 3.05) is 12.4 Å². The van der Waals surface area contributed by atoms with Gasteiger partial charge in [-0.15, -0.1) is 11.8 Å². The summed E-state index contributed by atoms with van der Waals surface area (Å²) in [6, 6.07) is 23.4. The Morgan fingerprint density at radius 1 is 0.935 bits per heavy atom. The molecule has 1 aliphatic rings. The zero-order valence-corrected chi connectivity index (χ0v) is 18.4. The van der Waals surface area contributed by atoms with Crippen LogP contribution in [0.25, 0.3) is 0 Å². The predicted octanol–water partition coefficient (Wildman–Crippen LogP) is 4.86. The Kier molecular flexibility index (Phi) is 6.49. The Morgan fingerprint density at radius 2 is 1.61 bits per heavy atom. The van der Waals surface area contributed by atoms with Crippen molar-refractivity contribution < 1.29 is 14.3 Å². The molecule has 0 aliphatic carbocycles. The topological polar surface area (TPSA) is 58.6 Å². The molecule has 2 atom stereocenters. The van der Waals surface area contributed by atoms with Gasteiger partial charge in [0.1, 0.15) is 17.0 Å². The summed E-state index contributed by atoms with van der Waals surface area (Å²) >= 11 is 7.36. The molecule has 1 fully saturated rings. The Balaban J connectivity index is 1.60. The molecule has 0 radical (unpaired) electrons. The lowest BCUT2D eigenvalue weighted by atomic mass is 10.2. The fourth-order valence-electron chi connectivity index (χ4n) is 3.41. The van der Waals surface area contributed by atoms with Gasteiger partial charge in [-0.3, -0.25) is 14.5 Å². The van der Waals surface area contributed by atoms with Gasteiger partial charge in [-0.2, -0.15) is 0 Å². The molecular weight excluding hydrogens is 432 g/mol. The highest BCUT2D eigenvalue weighted by Gasteiger charge is 2.48. The standard InChI is InChI=1S/C24H21ClN2O3S/c1-30-19-11-9-18(10-12-19)26-21-22(31-20-13-7-17(25)8-14-20)24(29)27(23(21)28)15-16-5-3-2-4-6-16/h2-14,21-22,26H,15H2,1H3/t21-,22+/m1/s1. The average molecular weight is 453 g/mol. The van der Waals surface area contributed by atoms with Gasteiger partial charge >= 0.3 is 0 Å². The number of rotatable bonds is 7. The highest BCUT2D eigenvalue weighted by molar-refractivity contribution is 8.00. The van der Waals surface area contributed by atoms with E-state index in [-0.39, 0.29) is 18.4 Å². The van der Waals surface area contributed by atoms with Crippen LogP contribution in [0.5, 0.6) is 5.75 Å². The van der Waals surface area contributed by atoms with Crippen molar-refractivity contribution in [2.24, 2.45) is 0 Å². The Hall–Kier alpha value is -2.96. The van der Waals surface area contributed by atoms with Crippen LogP contribution in [-0.2, 0) is 16.1 Å². The zero-order chi connectivity index (χ0) is 21.8. The van der Waals surface area contributed by atoms with Crippen molar-refractivity contribution in [2.45, 2.75) is 22.7 Å². The highest BCUT2D eigenvalue weighted by atomic mass is 35.5. The maximum Gasteiger partial charge on any atom is 0.253 e. The number of hydrogen-bond donors (Lipinski definition) is 1. The number of methoxy groups -OCH3 is 1. The van der Waals surface area contributed by atoms with E-state index >= 15 is 0 Å². The number of carbonyl (C=O) groups is 2. The van der Waals surface area contributed by atoms with Crippen LogP contribution in [0, 0.1) is 0 Å². The number of anilines is 1. The molecule has 3 aromatic carbocycles. The van der Waals surface area contributed by atoms with Crippen molar-refractivity contribution >= 4 is 40.9 Å². The van der Waals surface area contributed by atoms with Gasteiger partial charge in [0, 0.05) is 15.6 Å². The normalized spacial score (nSPS) is 18.3. The summed E-state index contributed by atoms with van der Waals surface area (Å²) in [6.45, 7) is 0.247. The molecule has 2 amide bonds. The lowest BCUT2D eigenvalue weighted by molar-refractivity contribution is -0.139. The molecule has 0 saturated carbocycles. The third-order valence-corrected chi connectivity index (χ3v) is 6.54. The van der Waals surface area contributed by atoms with Crippen LogP contribution in [0.4, 0.5) is 5.69 Å². The van der Waals surface area contributed by atoms with Crippen LogP contribution in [0.15, 0.2) is 83.8 Å². The number of carbonyl (C=O) groups excluding carboxylic acids is 2. The first-order chi connectivity index (χ1) is 15.0. The Labute approximate surface area is 190 Å². The average Bonchev–Trinajstić information content (AvgIpc) is 3.01. The highest BCUT2D eigenvalue weighted by Crippen LogP contribution is 2.34. The molecule has 0 bridgehead atoms. The molecule has 5 nitrogen and oxygen atoms in total. The molecule has 3 aromatic rings. The van der Waals surface area contributed by atoms with Crippen molar-refractivity contribution in [3.05, 3.63) is 89.4 Å². The fourth-order valence-corrected chi connectivity index (χ4v) is 4.67. The number of ether oxygens (including phenoxy) is 1. The third kappa shape index (κ3) is 4.86. The van der Waals surface area contributed by atoms with Gasteiger partial charge < -0.3 is 10.1 Å². The molecule has 7 heteroatoms. The third-order valence-electron chi connectivity index (χ3n) is 5.02. The maximum absolute atomic E-state index is 13.3. The SMILES string of the molecule is COc1ccc(N[C@H]2C(=O)N(Cc3ccccc3)C(=O)[C@H]2Sc2ccc(Cl)cc2)cc1. The smallest absolute Gasteiger partial charge is 0.253 e. The monoisotopic (exact) mass is 452 g/mol. The van der Waals surface area contributed by atoms with Crippen LogP contribution < -0.4 is 10.1 Å². The van der Waals surface area contributed by atoms with Crippen LogP contribution in [0.2, 0.25) is 5.02 Å². The van der Waals surface area contributed by atoms with E-state index in [1.807, 2.05) is 66.7 Å². The van der Waals surface area contributed by atoms with E-state index in [1.54, 1.807) is 19.2 Å². The summed E-state index contributed by atoms with van der Waals surface area (Å²) in [6.07, 6.45) is 0. The van der Waals surface area contributed by atoms with Gasteiger partial charge in [0.05, 0.1) is 13.7 Å². The Bertz CT molecular complexity index is 1060. The summed E-state index contributed by atoms with van der Waals surface area (Å²) in [7, 11) is 1.60. The van der Waals surface area contributed by atoms with E-state index in [4.69, 9.17) is 16.3 Å². The molecule has 1 aliphatic heterocycles. The van der Waals surface area contributed by atoms with Crippen molar-refractivity contribution in [3.63, 3.8) is 0 Å². The largest absolute Gasteiger partial charge is 0.497 e. The zero-order valence-electron chi connectivity index (χ0n) is 16.8. The second kappa shape index (κ2) is 9.45. The minimum Gasteiger partial charge on any atom is -0.497 e. The quantitative estimate of drug-likeness (QED) is 0.519. The van der Waals surface area contributed by atoms with Gasteiger partial charge in [0.2, 0.25) is 5.91 Å². The van der Waals surface area contributed by atoms with E-state index in [0.29, 0.717) is 5.02 Å². The minimum atomic E-state index is -0.690. The number of imide groups is 1. The molecule has 4 rings (SSSR count). The van der Waals surface area contributed by atoms with E-state index < -0.39 is 11.3 Å². The van der Waals surface area contributed by atoms with Crippen molar-refractivity contribution in [1.29, 1.82) is 0 Å². The van der Waals surface area contributed by atoms with Gasteiger partial charge in [-0.05, 0) is 54.1 Å². The van der Waals surface area contributed by atoms with Gasteiger partial charge in [-0.1, -0.05) is 41.9 Å². The van der Waals surface area contributed by atoms with E-state index in [9.17, 15) is 9.59 Å². The lowest BCUT2D eigenvalue weighted by Gasteiger charge is -2.18. The summed E-state index contributed by atoms with van der Waals surface area (Å²) in [5, 5.41) is 3.28. The van der Waals surface area contributed by atoms with Crippen LogP contribution in [0.1, 0.15) is 5.56 Å². The van der Waals surface area contributed by atoms with E-state index in [1.165, 1.54) is 16.7 Å². The molecular formula is C24H21ClN2O3S. The predicted molar refractivity (Wildman–Crippen MR) is 124 cm³/mol. The molecule has 0 aromatic heterocycles. The number of thioether (sulfide) groups is 1. The second-order valence-corrected chi connectivity index (χ2v) is 8.74. The molecule has 158 valence electrons. The number of hydrogen-bond acceptors (Lipinski definition) is 5. The Morgan fingerprint density at radius 3 is 2.26 bits per heavy atom. The van der Waals surface area contributed by atoms with Gasteiger partial charge in [0.25, 0.3) is 5.91 Å². The number of halogens is 1. The number of likely N-dealkylation sites (tertiary alicyclic amines) is 1. The van der Waals surface area contributed by atoms with Crippen LogP contribution >= 0.6 is 23.4 Å². The number of amides is 2. The van der Waals surface area contributed by atoms with Crippen LogP contribution in [-0.4, -0.2) is 35.1 Å². The second-order valence-electron chi connectivity index (χ2n) is 7.09. The first-order valence-electron chi connectivity index (χ1n) is 9.77. The minimum absolute atomic E-state index is 0.209. The molecule has 31 heavy (non-hydrogen) atoms. The molecule has 1 N–H and O–H groups in total. The summed E-state index contributed by atoms with van der Waals surface area (Å²) < 4.78 is 5.20. The molecule has 1 saturated heterocycles. The first-order valence-corrected chi connectivity index (χ1v) is 11.0. The molecule has 0 unspecified atom stereocenters. The lowest BCUT2D eigenvalue weighted by Crippen LogP contribution is -2.35. The number of nitrogens with zero attached hydrogens (tertiary/aromatic N) is 1. The maximum atomic E-state index is 13.3. The number of benzene rings is 3. The number of nitrogens with one attached hydrogen (secondary N) is 1. The van der Waals surface area contributed by atoms with Gasteiger partial charge in [-0.25, -0.2) is 0 Å². The van der Waals surface area contributed by atoms with Crippen molar-refractivity contribution in [1.82, 2.24) is 4.90 Å². The summed E-state index contributed by atoms with van der Waals surface area (Å²) in [5.41, 5.74) is 1.65. The van der Waals surface area contributed by atoms with E-state index in [2.05, 4.69) is 5.32 Å². The summed E-state index contributed by atoms with van der Waals surface area (Å²) in [4.78, 5) is 28.8.